The minimum absolute atomic E-state index is 0.0589. The van der Waals surface area contributed by atoms with Crippen molar-refractivity contribution in [3.8, 4) is 0 Å². The number of carbonyl (C=O) groups excluding carboxylic acids is 2. The highest BCUT2D eigenvalue weighted by atomic mass is 16.5. The number of hydrogen-bond donors (Lipinski definition) is 1. The van der Waals surface area contributed by atoms with Gasteiger partial charge in [-0.15, -0.1) is 0 Å². The van der Waals surface area contributed by atoms with Crippen LogP contribution in [0.3, 0.4) is 0 Å². The second kappa shape index (κ2) is 7.75. The summed E-state index contributed by atoms with van der Waals surface area (Å²) in [5, 5.41) is 2.93. The summed E-state index contributed by atoms with van der Waals surface area (Å²) < 4.78 is 10.7. The Labute approximate surface area is 157 Å². The van der Waals surface area contributed by atoms with Gasteiger partial charge in [0.2, 0.25) is 0 Å². The molecule has 0 aliphatic carbocycles. The van der Waals surface area contributed by atoms with Crippen LogP contribution in [0, 0.1) is 0 Å². The number of nitrogens with zero attached hydrogens (tertiary/aromatic N) is 2. The van der Waals surface area contributed by atoms with Crippen molar-refractivity contribution in [2.45, 2.75) is 32.1 Å². The van der Waals surface area contributed by atoms with E-state index in [9.17, 15) is 9.59 Å². The molecule has 2 aromatic rings. The average molecular weight is 367 g/mol. The van der Waals surface area contributed by atoms with Crippen LogP contribution in [0.5, 0.6) is 0 Å². The lowest BCUT2D eigenvalue weighted by molar-refractivity contribution is 0.0535. The van der Waals surface area contributed by atoms with Crippen molar-refractivity contribution < 1.29 is 19.1 Å². The number of esters is 1. The summed E-state index contributed by atoms with van der Waals surface area (Å²) in [6.07, 6.45) is 5.47. The summed E-state index contributed by atoms with van der Waals surface area (Å²) in [5.74, 6) is -0.319. The van der Waals surface area contributed by atoms with Crippen LogP contribution in [0.4, 0.5) is 10.5 Å². The van der Waals surface area contributed by atoms with E-state index in [0.29, 0.717) is 24.3 Å². The number of anilines is 1. The predicted octanol–water partition coefficient (Wildman–Crippen LogP) is 2.97. The number of urea groups is 1. The van der Waals surface area contributed by atoms with Crippen LogP contribution in [-0.4, -0.2) is 41.1 Å². The molecule has 140 valence electrons. The van der Waals surface area contributed by atoms with Crippen LogP contribution in [0.2, 0.25) is 0 Å². The quantitative estimate of drug-likeness (QED) is 0.822. The van der Waals surface area contributed by atoms with Crippen molar-refractivity contribution in [1.29, 1.82) is 0 Å². The molecule has 7 heteroatoms. The average Bonchev–Trinajstić information content (AvgIpc) is 3.32. The van der Waals surface area contributed by atoms with Crippen molar-refractivity contribution in [2.24, 2.45) is 0 Å². The largest absolute Gasteiger partial charge is 0.457 e. The second-order valence-corrected chi connectivity index (χ2v) is 6.75. The fourth-order valence-electron chi connectivity index (χ4n) is 3.38. The summed E-state index contributed by atoms with van der Waals surface area (Å²) in [5.41, 5.74) is 2.99. The Morgan fingerprint density at radius 3 is 2.89 bits per heavy atom. The molecular formula is C20H21N3O4. The molecule has 0 radical (unpaired) electrons. The fraction of sp³-hybridized carbons (Fsp3) is 0.350. The van der Waals surface area contributed by atoms with Gasteiger partial charge in [0, 0.05) is 43.3 Å². The molecule has 2 aliphatic heterocycles. The molecule has 0 spiro atoms. The van der Waals surface area contributed by atoms with Crippen LogP contribution >= 0.6 is 0 Å². The zero-order valence-corrected chi connectivity index (χ0v) is 14.9. The van der Waals surface area contributed by atoms with Gasteiger partial charge in [0.05, 0.1) is 11.7 Å². The van der Waals surface area contributed by atoms with Gasteiger partial charge in [0.1, 0.15) is 6.61 Å². The van der Waals surface area contributed by atoms with E-state index < -0.39 is 0 Å². The number of fused-ring (bicyclic) bond motifs is 1. The van der Waals surface area contributed by atoms with Crippen LogP contribution in [0.25, 0.3) is 0 Å². The van der Waals surface area contributed by atoms with Gasteiger partial charge in [0.25, 0.3) is 0 Å². The summed E-state index contributed by atoms with van der Waals surface area (Å²) in [4.78, 5) is 30.3. The first-order valence-electron chi connectivity index (χ1n) is 9.05. The van der Waals surface area contributed by atoms with Gasteiger partial charge in [-0.2, -0.15) is 0 Å². The van der Waals surface area contributed by atoms with Crippen molar-refractivity contribution >= 4 is 17.7 Å². The van der Waals surface area contributed by atoms with E-state index in [1.54, 1.807) is 35.5 Å². The smallest absolute Gasteiger partial charge is 0.338 e. The van der Waals surface area contributed by atoms with E-state index in [0.717, 1.165) is 30.6 Å². The first kappa shape index (κ1) is 17.5. The molecule has 1 atom stereocenters. The molecule has 1 saturated heterocycles. The maximum Gasteiger partial charge on any atom is 0.338 e. The monoisotopic (exact) mass is 367 g/mol. The Kier molecular flexibility index (Phi) is 5.02. The van der Waals surface area contributed by atoms with Crippen LogP contribution in [-0.2, 0) is 22.6 Å². The van der Waals surface area contributed by atoms with Gasteiger partial charge < -0.3 is 19.7 Å². The van der Waals surface area contributed by atoms with Crippen LogP contribution < -0.4 is 5.32 Å². The van der Waals surface area contributed by atoms with Gasteiger partial charge in [-0.1, -0.05) is 0 Å². The first-order chi connectivity index (χ1) is 13.2. The molecule has 0 bridgehead atoms. The number of nitrogens with one attached hydrogen (secondary N) is 1. The Bertz CT molecular complexity index is 834. The van der Waals surface area contributed by atoms with E-state index in [4.69, 9.17) is 9.47 Å². The molecule has 1 aromatic heterocycles. The van der Waals surface area contributed by atoms with E-state index in [-0.39, 0.29) is 24.7 Å². The summed E-state index contributed by atoms with van der Waals surface area (Å²) in [6, 6.07) is 8.79. The van der Waals surface area contributed by atoms with Crippen molar-refractivity contribution in [2.75, 3.05) is 18.5 Å². The number of aromatic nitrogens is 1. The molecule has 3 heterocycles. The molecule has 7 nitrogen and oxygen atoms in total. The topological polar surface area (TPSA) is 80.8 Å². The van der Waals surface area contributed by atoms with Crippen molar-refractivity contribution in [1.82, 2.24) is 9.88 Å². The summed E-state index contributed by atoms with van der Waals surface area (Å²) in [6.45, 7) is 1.99. The minimum Gasteiger partial charge on any atom is -0.457 e. The van der Waals surface area contributed by atoms with Crippen molar-refractivity contribution in [3.05, 3.63) is 59.4 Å². The number of cyclic esters (lactones) is 1. The lowest BCUT2D eigenvalue weighted by Gasteiger charge is -2.26. The molecule has 1 aromatic carbocycles. The first-order valence-corrected chi connectivity index (χ1v) is 9.05. The highest BCUT2D eigenvalue weighted by Gasteiger charge is 2.24. The van der Waals surface area contributed by atoms with Gasteiger partial charge in [-0.25, -0.2) is 9.59 Å². The lowest BCUT2D eigenvalue weighted by atomic mass is 10.1. The molecule has 27 heavy (non-hydrogen) atoms. The van der Waals surface area contributed by atoms with E-state index in [1.807, 2.05) is 12.1 Å². The molecule has 1 N–H and O–H groups in total. The Balaban J connectivity index is 1.48. The maximum atomic E-state index is 12.9. The molecule has 2 amide bonds. The zero-order chi connectivity index (χ0) is 18.6. The molecule has 1 unspecified atom stereocenters. The predicted molar refractivity (Wildman–Crippen MR) is 98.2 cm³/mol. The number of ether oxygens (including phenoxy) is 2. The highest BCUT2D eigenvalue weighted by Crippen LogP contribution is 2.24. The molecule has 4 rings (SSSR count). The van der Waals surface area contributed by atoms with Crippen LogP contribution in [0.1, 0.15) is 34.3 Å². The number of carbonyl (C=O) groups is 2. The molecule has 2 aliphatic rings. The summed E-state index contributed by atoms with van der Waals surface area (Å²) >= 11 is 0. The third-order valence-electron chi connectivity index (χ3n) is 4.79. The van der Waals surface area contributed by atoms with Crippen molar-refractivity contribution in [3.63, 3.8) is 0 Å². The third kappa shape index (κ3) is 4.09. The second-order valence-electron chi connectivity index (χ2n) is 6.75. The number of pyridine rings is 1. The standard InChI is InChI=1S/C20H21N3O4/c24-19-18-4-3-16(10-15(18)13-27-19)22-20(25)23(12-17-2-1-9-26-17)11-14-5-7-21-8-6-14/h3-8,10,17H,1-2,9,11-13H2,(H,22,25). The van der Waals surface area contributed by atoms with E-state index >= 15 is 0 Å². The van der Waals surface area contributed by atoms with Crippen LogP contribution in [0.15, 0.2) is 42.7 Å². The van der Waals surface area contributed by atoms with Gasteiger partial charge in [-0.3, -0.25) is 4.98 Å². The van der Waals surface area contributed by atoms with E-state index in [2.05, 4.69) is 10.3 Å². The maximum absolute atomic E-state index is 12.9. The Morgan fingerprint density at radius 2 is 2.11 bits per heavy atom. The minimum atomic E-state index is -0.319. The zero-order valence-electron chi connectivity index (χ0n) is 14.9. The Hall–Kier alpha value is -2.93. The molecule has 0 saturated carbocycles. The fourth-order valence-corrected chi connectivity index (χ4v) is 3.38. The molecule has 1 fully saturated rings. The number of amides is 2. The number of rotatable bonds is 5. The molecular weight excluding hydrogens is 346 g/mol. The summed E-state index contributed by atoms with van der Waals surface area (Å²) in [7, 11) is 0. The normalized spacial score (nSPS) is 18.1. The SMILES string of the molecule is O=C1OCc2cc(NC(=O)N(Cc3ccncc3)CC3CCCO3)ccc21. The van der Waals surface area contributed by atoms with Gasteiger partial charge >= 0.3 is 12.0 Å². The lowest BCUT2D eigenvalue weighted by Crippen LogP contribution is -2.39. The number of benzene rings is 1. The highest BCUT2D eigenvalue weighted by molar-refractivity contribution is 5.95. The van der Waals surface area contributed by atoms with Gasteiger partial charge in [0.15, 0.2) is 0 Å². The Morgan fingerprint density at radius 1 is 1.26 bits per heavy atom. The third-order valence-corrected chi connectivity index (χ3v) is 4.79. The number of hydrogen-bond acceptors (Lipinski definition) is 5. The van der Waals surface area contributed by atoms with Gasteiger partial charge in [-0.05, 0) is 48.7 Å². The van der Waals surface area contributed by atoms with E-state index in [1.165, 1.54) is 0 Å².